The van der Waals surface area contributed by atoms with Gasteiger partial charge in [0.1, 0.15) is 11.6 Å². The highest BCUT2D eigenvalue weighted by Gasteiger charge is 2.24. The lowest BCUT2D eigenvalue weighted by molar-refractivity contribution is 0.521. The quantitative estimate of drug-likeness (QED) is 0.935. The number of halogens is 2. The Morgan fingerprint density at radius 3 is 2.41 bits per heavy atom. The summed E-state index contributed by atoms with van der Waals surface area (Å²) in [5, 5.41) is 1.41. The van der Waals surface area contributed by atoms with Crippen LogP contribution in [0.15, 0.2) is 34.0 Å². The Balaban J connectivity index is 2.45. The van der Waals surface area contributed by atoms with E-state index < -0.39 is 26.6 Å². The van der Waals surface area contributed by atoms with E-state index in [0.29, 0.717) is 0 Å². The molecule has 0 saturated heterocycles. The molecule has 0 bridgehead atoms. The van der Waals surface area contributed by atoms with Crippen LogP contribution >= 0.6 is 11.3 Å². The van der Waals surface area contributed by atoms with Gasteiger partial charge in [0.05, 0.1) is 5.51 Å². The van der Waals surface area contributed by atoms with Crippen LogP contribution in [0.4, 0.5) is 14.6 Å². The van der Waals surface area contributed by atoms with E-state index in [1.165, 1.54) is 10.9 Å². The number of aromatic nitrogens is 1. The summed E-state index contributed by atoms with van der Waals surface area (Å²) in [6.45, 7) is 0. The lowest BCUT2D eigenvalue weighted by Gasteiger charge is -2.07. The smallest absolute Gasteiger partial charge is 0.262 e. The maximum absolute atomic E-state index is 13.3. The van der Waals surface area contributed by atoms with Gasteiger partial charge in [-0.15, -0.1) is 11.3 Å². The van der Waals surface area contributed by atoms with E-state index in [0.717, 1.165) is 29.5 Å². The second-order valence-corrected chi connectivity index (χ2v) is 5.37. The van der Waals surface area contributed by atoms with E-state index in [4.69, 9.17) is 0 Å². The maximum Gasteiger partial charge on any atom is 0.268 e. The van der Waals surface area contributed by atoms with Gasteiger partial charge in [-0.25, -0.2) is 22.2 Å². The number of benzene rings is 1. The van der Waals surface area contributed by atoms with Crippen molar-refractivity contribution in [3.05, 3.63) is 40.7 Å². The minimum atomic E-state index is -4.30. The molecular weight excluding hydrogens is 270 g/mol. The Morgan fingerprint density at radius 2 is 1.88 bits per heavy atom. The highest BCUT2D eigenvalue weighted by atomic mass is 32.2. The highest BCUT2D eigenvalue weighted by molar-refractivity contribution is 7.92. The molecule has 2 rings (SSSR count). The first kappa shape index (κ1) is 11.9. The van der Waals surface area contributed by atoms with Crippen molar-refractivity contribution in [1.82, 2.24) is 4.98 Å². The second kappa shape index (κ2) is 4.38. The zero-order valence-electron chi connectivity index (χ0n) is 8.22. The van der Waals surface area contributed by atoms with Crippen LogP contribution in [0.1, 0.15) is 0 Å². The second-order valence-electron chi connectivity index (χ2n) is 3.03. The third-order valence-electron chi connectivity index (χ3n) is 1.86. The SMILES string of the molecule is O=S(=O)(Nc1cscn1)c1c(F)cccc1F. The zero-order chi connectivity index (χ0) is 12.5. The summed E-state index contributed by atoms with van der Waals surface area (Å²) in [4.78, 5) is 2.66. The van der Waals surface area contributed by atoms with Crippen molar-refractivity contribution in [3.8, 4) is 0 Å². The molecule has 0 spiro atoms. The summed E-state index contributed by atoms with van der Waals surface area (Å²) in [5.41, 5.74) is 1.40. The molecule has 0 radical (unpaired) electrons. The van der Waals surface area contributed by atoms with E-state index in [1.807, 2.05) is 4.72 Å². The number of thiazole rings is 1. The Morgan fingerprint density at radius 1 is 1.24 bits per heavy atom. The first-order valence-corrected chi connectivity index (χ1v) is 6.78. The fourth-order valence-electron chi connectivity index (χ4n) is 1.19. The standard InChI is InChI=1S/C9H6F2N2O2S2/c10-6-2-1-3-7(11)9(6)17(14,15)13-8-4-16-5-12-8/h1-5,13H. The van der Waals surface area contributed by atoms with E-state index in [-0.39, 0.29) is 5.82 Å². The monoisotopic (exact) mass is 276 g/mol. The average Bonchev–Trinajstić information content (AvgIpc) is 2.68. The fourth-order valence-corrected chi connectivity index (χ4v) is 2.89. The molecule has 4 nitrogen and oxygen atoms in total. The Labute approximate surface area is 100.0 Å². The van der Waals surface area contributed by atoms with Crippen LogP contribution in [0.5, 0.6) is 0 Å². The van der Waals surface area contributed by atoms with Gasteiger partial charge in [0.25, 0.3) is 10.0 Å². The molecule has 2 aromatic rings. The highest BCUT2D eigenvalue weighted by Crippen LogP contribution is 2.21. The van der Waals surface area contributed by atoms with Gasteiger partial charge in [0.2, 0.25) is 0 Å². The lowest BCUT2D eigenvalue weighted by atomic mass is 10.3. The van der Waals surface area contributed by atoms with Crippen molar-refractivity contribution in [2.45, 2.75) is 4.90 Å². The first-order valence-electron chi connectivity index (χ1n) is 4.36. The number of hydrogen-bond acceptors (Lipinski definition) is 4. The predicted molar refractivity (Wildman–Crippen MR) is 59.3 cm³/mol. The van der Waals surface area contributed by atoms with Crippen LogP contribution in [0.25, 0.3) is 0 Å². The summed E-state index contributed by atoms with van der Waals surface area (Å²) in [7, 11) is -4.30. The third-order valence-corrected chi connectivity index (χ3v) is 3.85. The van der Waals surface area contributed by atoms with Crippen LogP contribution in [0.3, 0.4) is 0 Å². The molecule has 0 aliphatic heterocycles. The topological polar surface area (TPSA) is 59.1 Å². The average molecular weight is 276 g/mol. The molecule has 0 saturated carbocycles. The van der Waals surface area contributed by atoms with Crippen molar-refractivity contribution in [2.75, 3.05) is 4.72 Å². The Bertz CT molecular complexity index is 606. The van der Waals surface area contributed by atoms with Gasteiger partial charge in [-0.05, 0) is 12.1 Å². The number of anilines is 1. The van der Waals surface area contributed by atoms with E-state index >= 15 is 0 Å². The molecule has 0 aliphatic rings. The maximum atomic E-state index is 13.3. The summed E-state index contributed by atoms with van der Waals surface area (Å²) in [6, 6.07) is 2.84. The summed E-state index contributed by atoms with van der Waals surface area (Å²) in [5.74, 6) is -2.27. The van der Waals surface area contributed by atoms with Crippen molar-refractivity contribution in [1.29, 1.82) is 0 Å². The molecule has 0 fully saturated rings. The third kappa shape index (κ3) is 2.42. The van der Waals surface area contributed by atoms with Crippen molar-refractivity contribution < 1.29 is 17.2 Å². The number of hydrogen-bond donors (Lipinski definition) is 1. The van der Waals surface area contributed by atoms with Gasteiger partial charge >= 0.3 is 0 Å². The summed E-state index contributed by atoms with van der Waals surface area (Å²) in [6.07, 6.45) is 0. The van der Waals surface area contributed by atoms with E-state index in [1.54, 1.807) is 0 Å². The summed E-state index contributed by atoms with van der Waals surface area (Å²) < 4.78 is 52.0. The minimum Gasteiger partial charge on any atom is -0.262 e. The number of nitrogens with one attached hydrogen (secondary N) is 1. The van der Waals surface area contributed by atoms with Gasteiger partial charge in [0.15, 0.2) is 10.7 Å². The lowest BCUT2D eigenvalue weighted by Crippen LogP contribution is -2.16. The van der Waals surface area contributed by atoms with Crippen LogP contribution in [-0.4, -0.2) is 13.4 Å². The molecule has 1 heterocycles. The zero-order valence-corrected chi connectivity index (χ0v) is 9.86. The van der Waals surface area contributed by atoms with Gasteiger partial charge in [-0.1, -0.05) is 6.07 Å². The van der Waals surface area contributed by atoms with Gasteiger partial charge < -0.3 is 0 Å². The largest absolute Gasteiger partial charge is 0.268 e. The van der Waals surface area contributed by atoms with Gasteiger partial charge in [-0.2, -0.15) is 0 Å². The molecule has 1 aromatic heterocycles. The molecule has 17 heavy (non-hydrogen) atoms. The van der Waals surface area contributed by atoms with Crippen LogP contribution in [0, 0.1) is 11.6 Å². The molecule has 8 heteroatoms. The van der Waals surface area contributed by atoms with Gasteiger partial charge in [0, 0.05) is 5.38 Å². The molecule has 0 atom stereocenters. The Hall–Kier alpha value is -1.54. The Kier molecular flexibility index (Phi) is 3.07. The van der Waals surface area contributed by atoms with E-state index in [2.05, 4.69) is 4.98 Å². The van der Waals surface area contributed by atoms with Crippen LogP contribution in [0.2, 0.25) is 0 Å². The molecule has 0 aliphatic carbocycles. The predicted octanol–water partition coefficient (Wildman–Crippen LogP) is 2.22. The molecule has 0 amide bonds. The van der Waals surface area contributed by atoms with Crippen molar-refractivity contribution in [3.63, 3.8) is 0 Å². The number of rotatable bonds is 3. The first-order chi connectivity index (χ1) is 8.00. The molecule has 90 valence electrons. The number of sulfonamides is 1. The summed E-state index contributed by atoms with van der Waals surface area (Å²) >= 11 is 1.16. The molecular formula is C9H6F2N2O2S2. The number of nitrogens with zero attached hydrogens (tertiary/aromatic N) is 1. The van der Waals surface area contributed by atoms with Crippen molar-refractivity contribution in [2.24, 2.45) is 0 Å². The van der Waals surface area contributed by atoms with Gasteiger partial charge in [-0.3, -0.25) is 4.72 Å². The molecule has 1 N–H and O–H groups in total. The molecule has 1 aromatic carbocycles. The van der Waals surface area contributed by atoms with Crippen molar-refractivity contribution >= 4 is 27.2 Å². The van der Waals surface area contributed by atoms with Crippen LogP contribution < -0.4 is 4.72 Å². The van der Waals surface area contributed by atoms with Crippen LogP contribution in [-0.2, 0) is 10.0 Å². The fraction of sp³-hybridized carbons (Fsp3) is 0. The van der Waals surface area contributed by atoms with E-state index in [9.17, 15) is 17.2 Å². The normalized spacial score (nSPS) is 11.4. The minimum absolute atomic E-state index is 0.0256. The molecule has 0 unspecified atom stereocenters.